The van der Waals surface area contributed by atoms with E-state index in [-0.39, 0.29) is 11.9 Å². The van der Waals surface area contributed by atoms with Crippen LogP contribution in [-0.4, -0.2) is 32.8 Å². The Morgan fingerprint density at radius 3 is 2.73 bits per heavy atom. The van der Waals surface area contributed by atoms with Gasteiger partial charge in [0.05, 0.1) is 6.10 Å². The Hall–Kier alpha value is -2.67. The number of hydrogen-bond donors (Lipinski definition) is 2. The second kappa shape index (κ2) is 10.9. The van der Waals surface area contributed by atoms with Crippen LogP contribution in [0.15, 0.2) is 53.5 Å². The van der Waals surface area contributed by atoms with Crippen molar-refractivity contribution < 1.29 is 18.3 Å². The van der Waals surface area contributed by atoms with Gasteiger partial charge in [-0.3, -0.25) is 4.99 Å². The van der Waals surface area contributed by atoms with Crippen LogP contribution in [0.5, 0.6) is 5.75 Å². The lowest BCUT2D eigenvalue weighted by atomic mass is 9.89. The highest BCUT2D eigenvalue weighted by atomic mass is 19.3. The third kappa shape index (κ3) is 6.16. The molecule has 2 atom stereocenters. The predicted octanol–water partition coefficient (Wildman–Crippen LogP) is 4.43. The number of guanidine groups is 1. The van der Waals surface area contributed by atoms with Crippen LogP contribution in [0.1, 0.15) is 35.6 Å². The fraction of sp³-hybridized carbons (Fsp3) is 0.435. The van der Waals surface area contributed by atoms with E-state index >= 15 is 0 Å². The first kappa shape index (κ1) is 22.0. The van der Waals surface area contributed by atoms with Crippen molar-refractivity contribution in [3.8, 4) is 5.75 Å². The largest absolute Gasteiger partial charge is 0.434 e. The lowest BCUT2D eigenvalue weighted by Crippen LogP contribution is -2.41. The van der Waals surface area contributed by atoms with Crippen LogP contribution in [0.4, 0.5) is 8.78 Å². The molecule has 3 rings (SSSR count). The highest BCUT2D eigenvalue weighted by Crippen LogP contribution is 2.33. The number of nitrogens with one attached hydrogen (secondary N) is 2. The number of hydrogen-bond acceptors (Lipinski definition) is 3. The minimum atomic E-state index is -2.86. The molecule has 1 fully saturated rings. The normalized spacial score (nSPS) is 19.6. The monoisotopic (exact) mass is 417 g/mol. The molecule has 0 aliphatic carbocycles. The van der Waals surface area contributed by atoms with Crippen molar-refractivity contribution in [3.63, 3.8) is 0 Å². The summed E-state index contributed by atoms with van der Waals surface area (Å²) in [6.07, 6.45) is 2.14. The third-order valence-electron chi connectivity index (χ3n) is 5.21. The van der Waals surface area contributed by atoms with Crippen molar-refractivity contribution in [3.05, 3.63) is 65.2 Å². The van der Waals surface area contributed by atoms with Crippen molar-refractivity contribution in [2.24, 2.45) is 10.9 Å². The van der Waals surface area contributed by atoms with Gasteiger partial charge in [0, 0.05) is 38.2 Å². The topological polar surface area (TPSA) is 54.9 Å². The summed E-state index contributed by atoms with van der Waals surface area (Å²) in [4.78, 5) is 4.26. The molecule has 0 amide bonds. The van der Waals surface area contributed by atoms with Gasteiger partial charge in [0.15, 0.2) is 5.96 Å². The highest BCUT2D eigenvalue weighted by Gasteiger charge is 2.27. The molecule has 0 bridgehead atoms. The van der Waals surface area contributed by atoms with E-state index in [0.29, 0.717) is 30.5 Å². The van der Waals surface area contributed by atoms with Gasteiger partial charge in [-0.15, -0.1) is 0 Å². The first-order valence-corrected chi connectivity index (χ1v) is 10.2. The summed E-state index contributed by atoms with van der Waals surface area (Å²) in [5.41, 5.74) is 2.81. The minimum absolute atomic E-state index is 0.0494. The molecule has 2 aromatic rings. The Morgan fingerprint density at radius 1 is 1.20 bits per heavy atom. The molecule has 5 nitrogen and oxygen atoms in total. The fourth-order valence-corrected chi connectivity index (χ4v) is 3.75. The van der Waals surface area contributed by atoms with Crippen LogP contribution >= 0.6 is 0 Å². The Balaban J connectivity index is 1.59. The van der Waals surface area contributed by atoms with E-state index in [2.05, 4.69) is 32.5 Å². The number of halogens is 2. The molecule has 1 saturated heterocycles. The van der Waals surface area contributed by atoms with Gasteiger partial charge < -0.3 is 20.1 Å². The van der Waals surface area contributed by atoms with Gasteiger partial charge in [0.1, 0.15) is 5.75 Å². The second-order valence-corrected chi connectivity index (χ2v) is 7.40. The van der Waals surface area contributed by atoms with Crippen LogP contribution < -0.4 is 15.4 Å². The third-order valence-corrected chi connectivity index (χ3v) is 5.21. The Kier molecular flexibility index (Phi) is 8.02. The van der Waals surface area contributed by atoms with Crippen LogP contribution in [-0.2, 0) is 11.3 Å². The molecule has 1 aliphatic rings. The number of benzene rings is 2. The minimum Gasteiger partial charge on any atom is -0.434 e. The molecule has 2 unspecified atom stereocenters. The summed E-state index contributed by atoms with van der Waals surface area (Å²) < 4.78 is 36.0. The van der Waals surface area contributed by atoms with Gasteiger partial charge in [-0.1, -0.05) is 48.0 Å². The number of alkyl halides is 2. The van der Waals surface area contributed by atoms with Crippen LogP contribution in [0, 0.1) is 12.8 Å². The molecule has 2 aromatic carbocycles. The van der Waals surface area contributed by atoms with E-state index in [0.717, 1.165) is 25.0 Å². The maximum absolute atomic E-state index is 12.7. The number of aryl methyl sites for hydroxylation is 1. The molecular formula is C23H29F2N3O2. The summed E-state index contributed by atoms with van der Waals surface area (Å²) >= 11 is 0. The van der Waals surface area contributed by atoms with Crippen molar-refractivity contribution in [1.29, 1.82) is 0 Å². The summed E-state index contributed by atoms with van der Waals surface area (Å²) in [6.45, 7) is 0.851. The van der Waals surface area contributed by atoms with Gasteiger partial charge in [-0.25, -0.2) is 0 Å². The maximum atomic E-state index is 12.7. The van der Waals surface area contributed by atoms with E-state index in [1.807, 2.05) is 31.2 Å². The van der Waals surface area contributed by atoms with E-state index < -0.39 is 6.61 Å². The van der Waals surface area contributed by atoms with Gasteiger partial charge >= 0.3 is 6.61 Å². The van der Waals surface area contributed by atoms with E-state index in [1.54, 1.807) is 19.2 Å². The molecular weight excluding hydrogens is 388 g/mol. The molecule has 0 saturated carbocycles. The van der Waals surface area contributed by atoms with Crippen molar-refractivity contribution in [2.45, 2.75) is 39.0 Å². The summed E-state index contributed by atoms with van der Waals surface area (Å²) in [7, 11) is 1.69. The van der Waals surface area contributed by atoms with E-state index in [1.165, 1.54) is 5.56 Å². The average molecular weight is 418 g/mol. The van der Waals surface area contributed by atoms with Crippen LogP contribution in [0.25, 0.3) is 0 Å². The molecule has 162 valence electrons. The fourth-order valence-electron chi connectivity index (χ4n) is 3.75. The standard InChI is InChI=1S/C23H29F2N3O2/c1-16-10-11-20(30-22(24)25)19(13-16)15-28-23(26-2)27-14-18-9-6-12-29-21(18)17-7-4-3-5-8-17/h3-5,7-8,10-11,13,18,21-22H,6,9,12,14-15H2,1-2H3,(H2,26,27,28). The smallest absolute Gasteiger partial charge is 0.387 e. The second-order valence-electron chi connectivity index (χ2n) is 7.40. The number of aliphatic imine (C=N–C) groups is 1. The summed E-state index contributed by atoms with van der Waals surface area (Å²) in [5.74, 6) is 1.09. The Labute approximate surface area is 176 Å². The Bertz CT molecular complexity index is 830. The summed E-state index contributed by atoms with van der Waals surface area (Å²) in [5, 5.41) is 6.55. The molecule has 0 radical (unpaired) electrons. The molecule has 1 aliphatic heterocycles. The molecule has 7 heteroatoms. The Morgan fingerprint density at radius 2 is 2.00 bits per heavy atom. The zero-order valence-corrected chi connectivity index (χ0v) is 17.4. The zero-order valence-electron chi connectivity index (χ0n) is 17.4. The van der Waals surface area contributed by atoms with Crippen molar-refractivity contribution in [2.75, 3.05) is 20.2 Å². The molecule has 0 aromatic heterocycles. The SMILES string of the molecule is CN=C(NCc1cc(C)ccc1OC(F)F)NCC1CCCOC1c1ccccc1. The number of rotatable bonds is 7. The van der Waals surface area contributed by atoms with Crippen LogP contribution in [0.3, 0.4) is 0 Å². The predicted molar refractivity (Wildman–Crippen MR) is 114 cm³/mol. The number of nitrogens with zero attached hydrogens (tertiary/aromatic N) is 1. The lowest BCUT2D eigenvalue weighted by molar-refractivity contribution is -0.0504. The van der Waals surface area contributed by atoms with Gasteiger partial charge in [0.2, 0.25) is 0 Å². The first-order valence-electron chi connectivity index (χ1n) is 10.2. The lowest BCUT2D eigenvalue weighted by Gasteiger charge is -2.32. The van der Waals surface area contributed by atoms with Gasteiger partial charge in [-0.05, 0) is 31.4 Å². The average Bonchev–Trinajstić information content (AvgIpc) is 2.76. The highest BCUT2D eigenvalue weighted by molar-refractivity contribution is 5.79. The van der Waals surface area contributed by atoms with Gasteiger partial charge in [-0.2, -0.15) is 8.78 Å². The first-order chi connectivity index (χ1) is 14.6. The molecule has 2 N–H and O–H groups in total. The molecule has 30 heavy (non-hydrogen) atoms. The quantitative estimate of drug-likeness (QED) is 0.517. The van der Waals surface area contributed by atoms with E-state index in [9.17, 15) is 8.78 Å². The maximum Gasteiger partial charge on any atom is 0.387 e. The van der Waals surface area contributed by atoms with Crippen molar-refractivity contribution >= 4 is 5.96 Å². The van der Waals surface area contributed by atoms with Crippen molar-refractivity contribution in [1.82, 2.24) is 10.6 Å². The van der Waals surface area contributed by atoms with Crippen LogP contribution in [0.2, 0.25) is 0 Å². The number of ether oxygens (including phenoxy) is 2. The molecule has 1 heterocycles. The van der Waals surface area contributed by atoms with Gasteiger partial charge in [0.25, 0.3) is 0 Å². The van der Waals surface area contributed by atoms with E-state index in [4.69, 9.17) is 4.74 Å². The zero-order chi connectivity index (χ0) is 21.3. The molecule has 0 spiro atoms. The summed E-state index contributed by atoms with van der Waals surface area (Å²) in [6, 6.07) is 15.4.